The third kappa shape index (κ3) is 4.01. The van der Waals surface area contributed by atoms with Crippen molar-refractivity contribution in [3.63, 3.8) is 0 Å². The summed E-state index contributed by atoms with van der Waals surface area (Å²) in [5, 5.41) is 13.9. The number of rotatable bonds is 5. The molecule has 1 aromatic carbocycles. The van der Waals surface area contributed by atoms with E-state index in [2.05, 4.69) is 9.84 Å². The van der Waals surface area contributed by atoms with Crippen molar-refractivity contribution in [1.29, 1.82) is 0 Å². The van der Waals surface area contributed by atoms with Crippen molar-refractivity contribution >= 4 is 23.3 Å². The van der Waals surface area contributed by atoms with E-state index < -0.39 is 62.4 Å². The number of hydrogen-bond donors (Lipinski definition) is 0. The zero-order chi connectivity index (χ0) is 21.4. The first-order chi connectivity index (χ1) is 12.9. The van der Waals surface area contributed by atoms with Crippen LogP contribution in [-0.4, -0.2) is 33.9 Å². The quantitative estimate of drug-likeness (QED) is 0.313. The Kier molecular flexibility index (Phi) is 5.83. The van der Waals surface area contributed by atoms with Gasteiger partial charge in [-0.25, -0.2) is 9.18 Å². The molecule has 28 heavy (non-hydrogen) atoms. The Morgan fingerprint density at radius 3 is 2.46 bits per heavy atom. The number of alkyl halides is 3. The molecule has 0 saturated carbocycles. The fourth-order valence-corrected chi connectivity index (χ4v) is 2.71. The molecule has 0 aliphatic rings. The fourth-order valence-electron chi connectivity index (χ4n) is 2.34. The number of aromatic nitrogens is 2. The lowest BCUT2D eigenvalue weighted by atomic mass is 10.1. The second-order valence-electron chi connectivity index (χ2n) is 5.47. The Bertz CT molecular complexity index is 945. The number of ether oxygens (including phenoxy) is 2. The number of benzene rings is 1. The first-order valence-corrected chi connectivity index (χ1v) is 7.78. The van der Waals surface area contributed by atoms with Gasteiger partial charge in [0.2, 0.25) is 5.75 Å². The van der Waals surface area contributed by atoms with Crippen LogP contribution in [0.1, 0.15) is 12.6 Å². The highest BCUT2D eigenvalue weighted by atomic mass is 35.5. The molecule has 0 aliphatic carbocycles. The third-order valence-electron chi connectivity index (χ3n) is 3.60. The largest absolute Gasteiger partial charge is 0.472 e. The van der Waals surface area contributed by atoms with E-state index in [1.165, 1.54) is 6.92 Å². The van der Waals surface area contributed by atoms with Crippen LogP contribution >= 0.6 is 11.6 Å². The topological polar surface area (TPSA) is 96.5 Å². The molecule has 13 heteroatoms. The average Bonchev–Trinajstić information content (AvgIpc) is 2.88. The van der Waals surface area contributed by atoms with Gasteiger partial charge in [0, 0.05) is 24.7 Å². The summed E-state index contributed by atoms with van der Waals surface area (Å²) < 4.78 is 63.5. The van der Waals surface area contributed by atoms with Gasteiger partial charge in [-0.05, 0) is 6.92 Å². The predicted octanol–water partition coefficient (Wildman–Crippen LogP) is 3.75. The molecule has 1 aromatic heterocycles. The van der Waals surface area contributed by atoms with E-state index in [4.69, 9.17) is 16.3 Å². The second kappa shape index (κ2) is 7.62. The summed E-state index contributed by atoms with van der Waals surface area (Å²) in [5.41, 5.74) is -3.42. The van der Waals surface area contributed by atoms with Crippen LogP contribution in [0.4, 0.5) is 23.2 Å². The van der Waals surface area contributed by atoms with Crippen molar-refractivity contribution in [2.24, 2.45) is 7.05 Å². The van der Waals surface area contributed by atoms with Crippen LogP contribution in [-0.2, 0) is 22.8 Å². The zero-order valence-electron chi connectivity index (χ0n) is 14.5. The van der Waals surface area contributed by atoms with Crippen LogP contribution in [0.15, 0.2) is 12.1 Å². The highest BCUT2D eigenvalue weighted by Gasteiger charge is 2.39. The van der Waals surface area contributed by atoms with Crippen molar-refractivity contribution in [3.05, 3.63) is 38.8 Å². The van der Waals surface area contributed by atoms with E-state index in [-0.39, 0.29) is 0 Å². The molecule has 1 atom stereocenters. The zero-order valence-corrected chi connectivity index (χ0v) is 15.3. The molecule has 8 nitrogen and oxygen atoms in total. The molecule has 152 valence electrons. The molecular formula is C15H12ClF4N3O5. The molecule has 0 fully saturated rings. The number of carbonyl (C=O) groups excluding carboxylic acids is 1. The molecule has 0 saturated heterocycles. The summed E-state index contributed by atoms with van der Waals surface area (Å²) in [5.74, 6) is -2.68. The van der Waals surface area contributed by atoms with E-state index in [0.717, 1.165) is 14.2 Å². The molecule has 0 N–H and O–H groups in total. The predicted molar refractivity (Wildman–Crippen MR) is 87.4 cm³/mol. The van der Waals surface area contributed by atoms with Gasteiger partial charge in [-0.3, -0.25) is 14.8 Å². The number of nitro groups is 1. The van der Waals surface area contributed by atoms with E-state index in [0.29, 0.717) is 16.8 Å². The summed E-state index contributed by atoms with van der Waals surface area (Å²) >= 11 is 5.70. The van der Waals surface area contributed by atoms with Gasteiger partial charge < -0.3 is 9.47 Å². The minimum atomic E-state index is -4.88. The lowest BCUT2D eigenvalue weighted by Gasteiger charge is -2.13. The van der Waals surface area contributed by atoms with Gasteiger partial charge in [-0.2, -0.15) is 18.3 Å². The molecule has 1 unspecified atom stereocenters. The van der Waals surface area contributed by atoms with Crippen LogP contribution in [0.2, 0.25) is 5.02 Å². The van der Waals surface area contributed by atoms with Crippen molar-refractivity contribution in [1.82, 2.24) is 9.78 Å². The van der Waals surface area contributed by atoms with Crippen LogP contribution < -0.4 is 4.74 Å². The van der Waals surface area contributed by atoms with Gasteiger partial charge >= 0.3 is 17.8 Å². The number of aryl methyl sites for hydroxylation is 1. The highest BCUT2D eigenvalue weighted by molar-refractivity contribution is 6.33. The Morgan fingerprint density at radius 2 is 2.00 bits per heavy atom. The van der Waals surface area contributed by atoms with Gasteiger partial charge in [0.15, 0.2) is 11.8 Å². The molecule has 2 rings (SSSR count). The third-order valence-corrected chi connectivity index (χ3v) is 3.95. The van der Waals surface area contributed by atoms with Gasteiger partial charge in [0.25, 0.3) is 0 Å². The monoisotopic (exact) mass is 425 g/mol. The Hall–Kier alpha value is -2.89. The van der Waals surface area contributed by atoms with Gasteiger partial charge in [-0.15, -0.1) is 0 Å². The molecule has 0 spiro atoms. The number of carbonyl (C=O) groups is 1. The van der Waals surface area contributed by atoms with Crippen molar-refractivity contribution in [2.45, 2.75) is 19.2 Å². The first-order valence-electron chi connectivity index (χ1n) is 7.41. The molecular weight excluding hydrogens is 414 g/mol. The smallest absolute Gasteiger partial charge is 0.434 e. The summed E-state index contributed by atoms with van der Waals surface area (Å²) in [7, 11) is 2.00. The standard InChI is InChI=1S/C15H12ClF4N3O5/c1-6(14(24)27-3)28-10-5-8(17)7(4-9(10)23(25)26)12-11(16)13(15(18,19)20)22(2)21-12/h4-6H,1-3H3. The van der Waals surface area contributed by atoms with E-state index >= 15 is 0 Å². The van der Waals surface area contributed by atoms with Crippen molar-refractivity contribution in [3.8, 4) is 17.0 Å². The number of halogens is 5. The van der Waals surface area contributed by atoms with Gasteiger partial charge in [0.05, 0.1) is 17.1 Å². The molecule has 1 heterocycles. The normalized spacial score (nSPS) is 12.6. The molecule has 0 amide bonds. The Balaban J connectivity index is 2.62. The maximum Gasteiger partial charge on any atom is 0.434 e. The summed E-state index contributed by atoms with van der Waals surface area (Å²) in [6.07, 6.45) is -6.18. The van der Waals surface area contributed by atoms with E-state index in [1.54, 1.807) is 0 Å². The SMILES string of the molecule is COC(=O)C(C)Oc1cc(F)c(-c2nn(C)c(C(F)(F)F)c2Cl)cc1[N+](=O)[O-]. The molecule has 0 radical (unpaired) electrons. The fraction of sp³-hybridized carbons (Fsp3) is 0.333. The second-order valence-corrected chi connectivity index (χ2v) is 5.85. The number of nitro benzene ring substituents is 1. The molecule has 0 bridgehead atoms. The maximum atomic E-state index is 14.5. The average molecular weight is 426 g/mol. The van der Waals surface area contributed by atoms with Crippen molar-refractivity contribution < 1.29 is 36.8 Å². The lowest BCUT2D eigenvalue weighted by Crippen LogP contribution is -2.25. The van der Waals surface area contributed by atoms with E-state index in [9.17, 15) is 32.5 Å². The molecule has 2 aromatic rings. The van der Waals surface area contributed by atoms with Crippen molar-refractivity contribution in [2.75, 3.05) is 7.11 Å². The lowest BCUT2D eigenvalue weighted by molar-refractivity contribution is -0.386. The van der Waals surface area contributed by atoms with Gasteiger partial charge in [0.1, 0.15) is 11.5 Å². The Labute approximate surface area is 159 Å². The number of nitrogens with zero attached hydrogens (tertiary/aromatic N) is 3. The first kappa shape index (κ1) is 21.4. The van der Waals surface area contributed by atoms with E-state index in [1.807, 2.05) is 0 Å². The maximum absolute atomic E-state index is 14.5. The number of hydrogen-bond acceptors (Lipinski definition) is 6. The minimum absolute atomic E-state index is 0.396. The number of esters is 1. The highest BCUT2D eigenvalue weighted by Crippen LogP contribution is 2.42. The summed E-state index contributed by atoms with van der Waals surface area (Å²) in [6.45, 7) is 1.21. The van der Waals surface area contributed by atoms with Crippen LogP contribution in [0, 0.1) is 15.9 Å². The number of methoxy groups -OCH3 is 1. The summed E-state index contributed by atoms with van der Waals surface area (Å²) in [4.78, 5) is 21.7. The minimum Gasteiger partial charge on any atom is -0.472 e. The summed E-state index contributed by atoms with van der Waals surface area (Å²) in [6, 6.07) is 1.19. The van der Waals surface area contributed by atoms with Crippen LogP contribution in [0.25, 0.3) is 11.3 Å². The molecule has 0 aliphatic heterocycles. The Morgan fingerprint density at radius 1 is 1.39 bits per heavy atom. The van der Waals surface area contributed by atoms with Gasteiger partial charge in [-0.1, -0.05) is 11.6 Å². The van der Waals surface area contributed by atoms with Crippen LogP contribution in [0.5, 0.6) is 5.75 Å². The van der Waals surface area contributed by atoms with Crippen LogP contribution in [0.3, 0.4) is 0 Å².